The Bertz CT molecular complexity index is 325. The van der Waals surface area contributed by atoms with E-state index in [1.54, 1.807) is 0 Å². The minimum atomic E-state index is -0.788. The average molecular weight is 228 g/mol. The summed E-state index contributed by atoms with van der Waals surface area (Å²) in [5.41, 5.74) is 5.52. The quantitative estimate of drug-likeness (QED) is 0.282. The highest BCUT2D eigenvalue weighted by Gasteiger charge is 2.23. The lowest BCUT2D eigenvalue weighted by atomic mass is 10.1. The predicted molar refractivity (Wildman–Crippen MR) is 56.3 cm³/mol. The Morgan fingerprint density at radius 2 is 2.25 bits per heavy atom. The first kappa shape index (κ1) is 12.5. The van der Waals surface area contributed by atoms with Crippen molar-refractivity contribution in [3.05, 3.63) is 11.3 Å². The molecule has 1 atom stereocenters. The first-order chi connectivity index (χ1) is 7.56. The summed E-state index contributed by atoms with van der Waals surface area (Å²) in [6.45, 7) is 2.87. The number of rotatable bonds is 2. The van der Waals surface area contributed by atoms with Crippen LogP contribution in [0, 0.1) is 0 Å². The molecule has 0 aromatic rings. The molecule has 0 aromatic carbocycles. The zero-order chi connectivity index (χ0) is 12.1. The van der Waals surface area contributed by atoms with Gasteiger partial charge in [0.1, 0.15) is 5.57 Å². The molecule has 6 heteroatoms. The van der Waals surface area contributed by atoms with Crippen molar-refractivity contribution in [1.82, 2.24) is 5.32 Å². The van der Waals surface area contributed by atoms with Gasteiger partial charge in [0, 0.05) is 18.7 Å². The van der Waals surface area contributed by atoms with E-state index < -0.39 is 11.9 Å². The first-order valence-corrected chi connectivity index (χ1v) is 5.03. The van der Waals surface area contributed by atoms with Gasteiger partial charge >= 0.3 is 5.97 Å². The van der Waals surface area contributed by atoms with Gasteiger partial charge in [-0.05, 0) is 6.92 Å². The van der Waals surface area contributed by atoms with Gasteiger partial charge in [-0.25, -0.2) is 4.79 Å². The highest BCUT2D eigenvalue weighted by molar-refractivity contribution is 6.16. The SMILES string of the molecule is COC(=O)C(C(N)=O)=C1CCO[C@H](C)CN1. The molecule has 0 saturated carbocycles. The molecule has 6 nitrogen and oxygen atoms in total. The molecule has 3 N–H and O–H groups in total. The number of esters is 1. The number of nitrogens with one attached hydrogen (secondary N) is 1. The second-order valence-electron chi connectivity index (χ2n) is 3.52. The van der Waals surface area contributed by atoms with Crippen LogP contribution >= 0.6 is 0 Å². The third-order valence-electron chi connectivity index (χ3n) is 2.30. The third kappa shape index (κ3) is 2.96. The summed E-state index contributed by atoms with van der Waals surface area (Å²) < 4.78 is 9.89. The van der Waals surface area contributed by atoms with Crippen LogP contribution in [0.4, 0.5) is 0 Å². The molecule has 1 fully saturated rings. The van der Waals surface area contributed by atoms with E-state index >= 15 is 0 Å². The first-order valence-electron chi connectivity index (χ1n) is 5.03. The molecule has 1 saturated heterocycles. The van der Waals surface area contributed by atoms with E-state index in [1.165, 1.54) is 7.11 Å². The smallest absolute Gasteiger partial charge is 0.345 e. The van der Waals surface area contributed by atoms with Crippen LogP contribution in [0.25, 0.3) is 0 Å². The van der Waals surface area contributed by atoms with Gasteiger partial charge in [-0.15, -0.1) is 0 Å². The lowest BCUT2D eigenvalue weighted by Gasteiger charge is -2.11. The lowest BCUT2D eigenvalue weighted by molar-refractivity contribution is -0.137. The molecule has 0 aliphatic carbocycles. The molecule has 90 valence electrons. The van der Waals surface area contributed by atoms with Crippen molar-refractivity contribution < 1.29 is 19.1 Å². The van der Waals surface area contributed by atoms with Gasteiger partial charge in [-0.1, -0.05) is 0 Å². The van der Waals surface area contributed by atoms with Crippen LogP contribution < -0.4 is 11.1 Å². The van der Waals surface area contributed by atoms with Gasteiger partial charge < -0.3 is 20.5 Å². The highest BCUT2D eigenvalue weighted by Crippen LogP contribution is 2.12. The Hall–Kier alpha value is -1.56. The molecule has 1 amide bonds. The second kappa shape index (κ2) is 5.50. The summed E-state index contributed by atoms with van der Waals surface area (Å²) in [4.78, 5) is 22.6. The zero-order valence-corrected chi connectivity index (χ0v) is 9.41. The van der Waals surface area contributed by atoms with E-state index in [0.717, 1.165) is 0 Å². The third-order valence-corrected chi connectivity index (χ3v) is 2.30. The van der Waals surface area contributed by atoms with Crippen LogP contribution in [0.5, 0.6) is 0 Å². The normalized spacial score (nSPS) is 24.0. The average Bonchev–Trinajstić information content (AvgIpc) is 2.43. The van der Waals surface area contributed by atoms with Gasteiger partial charge in [-0.3, -0.25) is 4.79 Å². The van der Waals surface area contributed by atoms with E-state index in [9.17, 15) is 9.59 Å². The molecule has 0 unspecified atom stereocenters. The standard InChI is InChI=1S/C10H16N2O4/c1-6-5-12-7(3-4-16-6)8(9(11)13)10(14)15-2/h6,12H,3-5H2,1-2H3,(H2,11,13)/t6-/m1/s1. The van der Waals surface area contributed by atoms with Crippen molar-refractivity contribution in [2.45, 2.75) is 19.4 Å². The van der Waals surface area contributed by atoms with Gasteiger partial charge in [0.15, 0.2) is 0 Å². The van der Waals surface area contributed by atoms with E-state index in [2.05, 4.69) is 10.1 Å². The molecular weight excluding hydrogens is 212 g/mol. The van der Waals surface area contributed by atoms with E-state index in [4.69, 9.17) is 10.5 Å². The lowest BCUT2D eigenvalue weighted by Crippen LogP contribution is -2.29. The van der Waals surface area contributed by atoms with Gasteiger partial charge in [0.25, 0.3) is 5.91 Å². The monoisotopic (exact) mass is 228 g/mol. The van der Waals surface area contributed by atoms with E-state index in [1.807, 2.05) is 6.92 Å². The zero-order valence-electron chi connectivity index (χ0n) is 9.41. The topological polar surface area (TPSA) is 90.7 Å². The molecule has 0 radical (unpaired) electrons. The van der Waals surface area contributed by atoms with Crippen LogP contribution in [0.1, 0.15) is 13.3 Å². The summed E-state index contributed by atoms with van der Waals surface area (Å²) in [7, 11) is 1.21. The summed E-state index contributed by atoms with van der Waals surface area (Å²) >= 11 is 0. The Morgan fingerprint density at radius 3 is 2.81 bits per heavy atom. The van der Waals surface area contributed by atoms with Crippen LogP contribution in [0.2, 0.25) is 0 Å². The Kier molecular flexibility index (Phi) is 4.30. The fraction of sp³-hybridized carbons (Fsp3) is 0.600. The van der Waals surface area contributed by atoms with Crippen LogP contribution in [-0.4, -0.2) is 38.2 Å². The fourth-order valence-corrected chi connectivity index (χ4v) is 1.46. The van der Waals surface area contributed by atoms with Crippen LogP contribution in [-0.2, 0) is 19.1 Å². The number of carbonyl (C=O) groups excluding carboxylic acids is 2. The predicted octanol–water partition coefficient (Wildman–Crippen LogP) is -0.703. The van der Waals surface area contributed by atoms with Crippen molar-refractivity contribution in [2.24, 2.45) is 5.73 Å². The number of nitrogens with two attached hydrogens (primary N) is 1. The largest absolute Gasteiger partial charge is 0.465 e. The minimum Gasteiger partial charge on any atom is -0.465 e. The fourth-order valence-electron chi connectivity index (χ4n) is 1.46. The van der Waals surface area contributed by atoms with Crippen molar-refractivity contribution >= 4 is 11.9 Å². The maximum absolute atomic E-state index is 11.4. The molecule has 0 aromatic heterocycles. The van der Waals surface area contributed by atoms with Crippen molar-refractivity contribution in [1.29, 1.82) is 0 Å². The molecular formula is C10H16N2O4. The number of primary amides is 1. The minimum absolute atomic E-state index is 0.0317. The Balaban J connectivity index is 2.96. The van der Waals surface area contributed by atoms with Gasteiger partial charge in [0.2, 0.25) is 0 Å². The summed E-state index contributed by atoms with van der Waals surface area (Å²) in [5.74, 6) is -1.51. The molecule has 0 spiro atoms. The van der Waals surface area contributed by atoms with Crippen LogP contribution in [0.15, 0.2) is 11.3 Å². The number of amides is 1. The molecule has 1 aliphatic rings. The Labute approximate surface area is 93.8 Å². The molecule has 0 bridgehead atoms. The van der Waals surface area contributed by atoms with Crippen LogP contribution in [0.3, 0.4) is 0 Å². The number of carbonyl (C=O) groups is 2. The van der Waals surface area contributed by atoms with E-state index in [-0.39, 0.29) is 11.7 Å². The maximum atomic E-state index is 11.4. The van der Waals surface area contributed by atoms with Gasteiger partial charge in [0.05, 0.1) is 19.8 Å². The summed E-state index contributed by atoms with van der Waals surface area (Å²) in [5, 5.41) is 2.98. The highest BCUT2D eigenvalue weighted by atomic mass is 16.5. The van der Waals surface area contributed by atoms with Crippen molar-refractivity contribution in [3.63, 3.8) is 0 Å². The summed E-state index contributed by atoms with van der Waals surface area (Å²) in [6, 6.07) is 0. The molecule has 1 aliphatic heterocycles. The van der Waals surface area contributed by atoms with Gasteiger partial charge in [-0.2, -0.15) is 0 Å². The molecule has 1 heterocycles. The molecule has 16 heavy (non-hydrogen) atoms. The number of ether oxygens (including phenoxy) is 2. The van der Waals surface area contributed by atoms with Crippen molar-refractivity contribution in [3.8, 4) is 0 Å². The second-order valence-corrected chi connectivity index (χ2v) is 3.52. The number of hydrogen-bond acceptors (Lipinski definition) is 5. The maximum Gasteiger partial charge on any atom is 0.345 e. The van der Waals surface area contributed by atoms with Crippen molar-refractivity contribution in [2.75, 3.05) is 20.3 Å². The summed E-state index contributed by atoms with van der Waals surface area (Å²) in [6.07, 6.45) is 0.474. The van der Waals surface area contributed by atoms with E-state index in [0.29, 0.717) is 25.3 Å². The Morgan fingerprint density at radius 1 is 1.56 bits per heavy atom. The molecule has 1 rings (SSSR count). The number of methoxy groups -OCH3 is 1. The number of hydrogen-bond donors (Lipinski definition) is 2.